The van der Waals surface area contributed by atoms with Crippen LogP contribution in [0, 0.1) is 5.82 Å². The van der Waals surface area contributed by atoms with E-state index in [0.29, 0.717) is 39.2 Å². The Balaban J connectivity index is 1.57. The molecule has 5 rings (SSSR count). The lowest BCUT2D eigenvalue weighted by atomic mass is 10.1. The Hall–Kier alpha value is -4.51. The molecule has 0 aliphatic heterocycles. The minimum atomic E-state index is -4.58. The van der Waals surface area contributed by atoms with Crippen molar-refractivity contribution in [2.24, 2.45) is 5.10 Å². The first-order valence-electron chi connectivity index (χ1n) is 12.7. The van der Waals surface area contributed by atoms with Gasteiger partial charge in [0.25, 0.3) is 5.56 Å². The van der Waals surface area contributed by atoms with E-state index in [2.05, 4.69) is 26.0 Å². The Labute approximate surface area is 246 Å². The fraction of sp³-hybridized carbons (Fsp3) is 0.129. The summed E-state index contributed by atoms with van der Waals surface area (Å²) in [6.45, 7) is 2.05. The van der Waals surface area contributed by atoms with Gasteiger partial charge >= 0.3 is 6.18 Å². The van der Waals surface area contributed by atoms with E-state index in [1.807, 2.05) is 0 Å². The molecule has 0 radical (unpaired) electrons. The van der Waals surface area contributed by atoms with Crippen molar-refractivity contribution in [3.05, 3.63) is 122 Å². The first-order chi connectivity index (χ1) is 20.2. The molecule has 0 saturated carbocycles. The summed E-state index contributed by atoms with van der Waals surface area (Å²) in [6, 6.07) is 20.6. The third kappa shape index (κ3) is 6.20. The maximum absolute atomic E-state index is 14.1. The van der Waals surface area contributed by atoms with E-state index >= 15 is 0 Å². The molecule has 0 amide bonds. The molecule has 214 valence electrons. The van der Waals surface area contributed by atoms with E-state index in [4.69, 9.17) is 9.47 Å². The molecule has 11 heteroatoms. The molecule has 0 N–H and O–H groups in total. The summed E-state index contributed by atoms with van der Waals surface area (Å²) >= 11 is 3.46. The van der Waals surface area contributed by atoms with Crippen molar-refractivity contribution < 1.29 is 27.0 Å². The first kappa shape index (κ1) is 29.0. The molecule has 0 spiro atoms. The topological polar surface area (TPSA) is 65.7 Å². The number of halogens is 5. The molecule has 0 unspecified atom stereocenters. The lowest BCUT2D eigenvalue weighted by molar-refractivity contribution is -0.137. The van der Waals surface area contributed by atoms with Gasteiger partial charge in [0.05, 0.1) is 33.8 Å². The molecule has 0 aliphatic carbocycles. The van der Waals surface area contributed by atoms with Crippen LogP contribution in [0.25, 0.3) is 22.3 Å². The van der Waals surface area contributed by atoms with Gasteiger partial charge in [0.15, 0.2) is 17.3 Å². The van der Waals surface area contributed by atoms with Crippen LogP contribution in [0.3, 0.4) is 0 Å². The highest BCUT2D eigenvalue weighted by atomic mass is 79.9. The highest BCUT2D eigenvalue weighted by molar-refractivity contribution is 9.10. The summed E-state index contributed by atoms with van der Waals surface area (Å²) in [5.41, 5.74) is -0.203. The van der Waals surface area contributed by atoms with Crippen molar-refractivity contribution >= 4 is 33.0 Å². The van der Waals surface area contributed by atoms with Gasteiger partial charge in [-0.1, -0.05) is 42.5 Å². The van der Waals surface area contributed by atoms with Gasteiger partial charge in [-0.05, 0) is 70.9 Å². The Morgan fingerprint density at radius 2 is 1.74 bits per heavy atom. The molecular formula is C31H22BrF4N3O3. The van der Waals surface area contributed by atoms with Crippen LogP contribution in [0.4, 0.5) is 17.6 Å². The number of ether oxygens (including phenoxy) is 2. The zero-order chi connectivity index (χ0) is 29.9. The monoisotopic (exact) mass is 639 g/mol. The zero-order valence-corrected chi connectivity index (χ0v) is 23.6. The van der Waals surface area contributed by atoms with E-state index < -0.39 is 23.1 Å². The highest BCUT2D eigenvalue weighted by Crippen LogP contribution is 2.37. The van der Waals surface area contributed by atoms with Gasteiger partial charge in [0.2, 0.25) is 0 Å². The third-order valence-electron chi connectivity index (χ3n) is 6.19. The number of alkyl halides is 3. The Kier molecular flexibility index (Phi) is 8.39. The number of rotatable bonds is 8. The second-order valence-corrected chi connectivity index (χ2v) is 9.89. The number of hydrogen-bond donors (Lipinski definition) is 0. The largest absolute Gasteiger partial charge is 0.490 e. The molecule has 42 heavy (non-hydrogen) atoms. The van der Waals surface area contributed by atoms with Gasteiger partial charge in [-0.25, -0.2) is 9.37 Å². The van der Waals surface area contributed by atoms with Crippen LogP contribution < -0.4 is 15.0 Å². The van der Waals surface area contributed by atoms with Crippen LogP contribution in [0.1, 0.15) is 23.6 Å². The summed E-state index contributed by atoms with van der Waals surface area (Å²) < 4.78 is 67.6. The Bertz CT molecular complexity index is 1850. The Morgan fingerprint density at radius 3 is 2.50 bits per heavy atom. The molecule has 1 aromatic heterocycles. The van der Waals surface area contributed by atoms with Crippen LogP contribution in [0.5, 0.6) is 11.5 Å². The molecule has 5 aromatic rings. The van der Waals surface area contributed by atoms with Crippen LogP contribution >= 0.6 is 15.9 Å². The normalized spacial score (nSPS) is 11.8. The van der Waals surface area contributed by atoms with Gasteiger partial charge in [-0.15, -0.1) is 0 Å². The second-order valence-electron chi connectivity index (χ2n) is 9.04. The molecule has 0 saturated heterocycles. The summed E-state index contributed by atoms with van der Waals surface area (Å²) in [5.74, 6) is 0.217. The summed E-state index contributed by atoms with van der Waals surface area (Å²) in [5, 5.41) is 4.59. The summed E-state index contributed by atoms with van der Waals surface area (Å²) in [4.78, 5) is 17.9. The van der Waals surface area contributed by atoms with Crippen LogP contribution in [-0.4, -0.2) is 22.5 Å². The average molecular weight is 640 g/mol. The number of hydrogen-bond acceptors (Lipinski definition) is 5. The number of fused-ring (bicyclic) bond motifs is 1. The lowest BCUT2D eigenvalue weighted by Crippen LogP contribution is -2.20. The molecule has 0 atom stereocenters. The first-order valence-corrected chi connectivity index (χ1v) is 13.5. The van der Waals surface area contributed by atoms with E-state index in [-0.39, 0.29) is 23.4 Å². The number of nitrogens with zero attached hydrogens (tertiary/aromatic N) is 3. The average Bonchev–Trinajstić information content (AvgIpc) is 2.97. The van der Waals surface area contributed by atoms with Gasteiger partial charge < -0.3 is 9.47 Å². The predicted octanol–water partition coefficient (Wildman–Crippen LogP) is 7.84. The number of benzene rings is 4. The Morgan fingerprint density at radius 1 is 0.976 bits per heavy atom. The quantitative estimate of drug-likeness (QED) is 0.128. The molecule has 4 aromatic carbocycles. The molecule has 0 bridgehead atoms. The third-order valence-corrected chi connectivity index (χ3v) is 6.77. The fourth-order valence-electron chi connectivity index (χ4n) is 4.21. The standard InChI is InChI=1S/C31H22BrF4N3O3/c1-2-41-27-15-19(14-24(32)28(27)42-18-21-8-3-5-12-25(21)33)17-37-39-29(20-9-7-10-22(16-20)31(34,35)36)38-26-13-6-4-11-23(26)30(39)40/h3-17H,2,18H2,1H3. The van der Waals surface area contributed by atoms with Gasteiger partial charge in [0, 0.05) is 11.1 Å². The van der Waals surface area contributed by atoms with Crippen molar-refractivity contribution in [1.82, 2.24) is 9.66 Å². The van der Waals surface area contributed by atoms with Crippen LogP contribution in [0.2, 0.25) is 0 Å². The number of para-hydroxylation sites is 1. The van der Waals surface area contributed by atoms with Gasteiger partial charge in [-0.3, -0.25) is 4.79 Å². The zero-order valence-electron chi connectivity index (χ0n) is 22.0. The maximum atomic E-state index is 14.1. The van der Waals surface area contributed by atoms with Crippen LogP contribution in [-0.2, 0) is 12.8 Å². The van der Waals surface area contributed by atoms with E-state index in [1.165, 1.54) is 24.4 Å². The number of aromatic nitrogens is 2. The predicted molar refractivity (Wildman–Crippen MR) is 155 cm³/mol. The van der Waals surface area contributed by atoms with Crippen molar-refractivity contribution in [2.45, 2.75) is 19.7 Å². The molecule has 6 nitrogen and oxygen atoms in total. The van der Waals surface area contributed by atoms with Crippen LogP contribution in [0.15, 0.2) is 99.3 Å². The van der Waals surface area contributed by atoms with Crippen molar-refractivity contribution in [3.63, 3.8) is 0 Å². The molecule has 1 heterocycles. The van der Waals surface area contributed by atoms with E-state index in [0.717, 1.165) is 16.8 Å². The SMILES string of the molecule is CCOc1cc(C=Nn2c(-c3cccc(C(F)(F)F)c3)nc3ccccc3c2=O)cc(Br)c1OCc1ccccc1F. The van der Waals surface area contributed by atoms with E-state index in [1.54, 1.807) is 61.5 Å². The molecule has 0 aliphatic rings. The lowest BCUT2D eigenvalue weighted by Gasteiger charge is -2.15. The second kappa shape index (κ2) is 12.2. The van der Waals surface area contributed by atoms with Crippen molar-refractivity contribution in [1.29, 1.82) is 0 Å². The van der Waals surface area contributed by atoms with E-state index in [9.17, 15) is 22.4 Å². The smallest absolute Gasteiger partial charge is 0.416 e. The van der Waals surface area contributed by atoms with Gasteiger partial charge in [0.1, 0.15) is 12.4 Å². The highest BCUT2D eigenvalue weighted by Gasteiger charge is 2.31. The summed E-state index contributed by atoms with van der Waals surface area (Å²) in [6.07, 6.45) is -3.22. The van der Waals surface area contributed by atoms with Crippen molar-refractivity contribution in [3.8, 4) is 22.9 Å². The molecular weight excluding hydrogens is 618 g/mol. The minimum Gasteiger partial charge on any atom is -0.490 e. The fourth-order valence-corrected chi connectivity index (χ4v) is 4.78. The summed E-state index contributed by atoms with van der Waals surface area (Å²) in [7, 11) is 0. The maximum Gasteiger partial charge on any atom is 0.416 e. The van der Waals surface area contributed by atoms with Gasteiger partial charge in [-0.2, -0.15) is 22.9 Å². The minimum absolute atomic E-state index is 0.0444. The molecule has 0 fully saturated rings. The van der Waals surface area contributed by atoms with Crippen molar-refractivity contribution in [2.75, 3.05) is 6.61 Å².